The van der Waals surface area contributed by atoms with Crippen molar-refractivity contribution < 1.29 is 4.79 Å². The molecule has 0 radical (unpaired) electrons. The third-order valence-electron chi connectivity index (χ3n) is 2.28. The first-order chi connectivity index (χ1) is 6.77. The van der Waals surface area contributed by atoms with E-state index in [1.54, 1.807) is 0 Å². The number of nitrogens with one attached hydrogen (secondary N) is 2. The molecule has 0 unspecified atom stereocenters. The van der Waals surface area contributed by atoms with Gasteiger partial charge in [0.2, 0.25) is 5.91 Å². The van der Waals surface area contributed by atoms with E-state index in [-0.39, 0.29) is 11.8 Å². The summed E-state index contributed by atoms with van der Waals surface area (Å²) in [7, 11) is 0. The van der Waals surface area contributed by atoms with Gasteiger partial charge in [-0.25, -0.2) is 0 Å². The fraction of sp³-hybridized carbons (Fsp3) is 0.300. The lowest BCUT2D eigenvalue weighted by atomic mass is 10.0. The van der Waals surface area contributed by atoms with Gasteiger partial charge in [-0.15, -0.1) is 0 Å². The lowest BCUT2D eigenvalue weighted by molar-refractivity contribution is -0.121. The highest BCUT2D eigenvalue weighted by molar-refractivity contribution is 14.1. The number of rotatable bonds is 2. The Morgan fingerprint density at radius 1 is 1.43 bits per heavy atom. The Bertz CT molecular complexity index is 350. The largest absolute Gasteiger partial charge is 0.325 e. The average Bonchev–Trinajstić information content (AvgIpc) is 2.05. The Labute approximate surface area is 96.4 Å². The molecule has 14 heavy (non-hydrogen) atoms. The van der Waals surface area contributed by atoms with E-state index in [4.69, 9.17) is 0 Å². The van der Waals surface area contributed by atoms with Crippen LogP contribution in [-0.2, 0) is 4.79 Å². The van der Waals surface area contributed by atoms with Gasteiger partial charge in [0.05, 0.1) is 11.6 Å². The number of hydrogen-bond acceptors (Lipinski definition) is 2. The Hall–Kier alpha value is -0.620. The summed E-state index contributed by atoms with van der Waals surface area (Å²) in [6.07, 6.45) is 0. The maximum absolute atomic E-state index is 11.6. The normalized spacial score (nSPS) is 16.1. The zero-order chi connectivity index (χ0) is 9.97. The molecule has 1 amide bonds. The van der Waals surface area contributed by atoms with E-state index in [2.05, 4.69) is 33.2 Å². The minimum absolute atomic E-state index is 0.118. The van der Waals surface area contributed by atoms with E-state index in [0.29, 0.717) is 0 Å². The van der Waals surface area contributed by atoms with E-state index >= 15 is 0 Å². The van der Waals surface area contributed by atoms with Crippen molar-refractivity contribution >= 4 is 34.2 Å². The smallest absolute Gasteiger partial charge is 0.230 e. The molecule has 74 valence electrons. The lowest BCUT2D eigenvalue weighted by Crippen LogP contribution is -2.48. The maximum Gasteiger partial charge on any atom is 0.230 e. The first-order valence-corrected chi connectivity index (χ1v) is 5.61. The molecule has 1 saturated heterocycles. The Balaban J connectivity index is 2.03. The number of anilines is 1. The monoisotopic (exact) mass is 302 g/mol. The fourth-order valence-corrected chi connectivity index (χ4v) is 1.79. The predicted octanol–water partition coefficient (Wildman–Crippen LogP) is 1.45. The van der Waals surface area contributed by atoms with Crippen molar-refractivity contribution in [3.8, 4) is 0 Å². The van der Waals surface area contributed by atoms with Gasteiger partial charge in [-0.05, 0) is 34.7 Å². The van der Waals surface area contributed by atoms with Crippen molar-refractivity contribution in [1.29, 1.82) is 0 Å². The number of para-hydroxylation sites is 1. The second-order valence-corrected chi connectivity index (χ2v) is 4.49. The Morgan fingerprint density at radius 2 is 2.14 bits per heavy atom. The molecule has 1 aromatic rings. The number of carbonyl (C=O) groups excluding carboxylic acids is 1. The van der Waals surface area contributed by atoms with Crippen molar-refractivity contribution in [1.82, 2.24) is 5.32 Å². The summed E-state index contributed by atoms with van der Waals surface area (Å²) in [4.78, 5) is 11.6. The summed E-state index contributed by atoms with van der Waals surface area (Å²) < 4.78 is 1.07. The van der Waals surface area contributed by atoms with Gasteiger partial charge >= 0.3 is 0 Å². The van der Waals surface area contributed by atoms with E-state index in [1.807, 2.05) is 24.3 Å². The second kappa shape index (κ2) is 4.27. The van der Waals surface area contributed by atoms with Crippen LogP contribution in [0, 0.1) is 9.49 Å². The van der Waals surface area contributed by atoms with E-state index in [1.165, 1.54) is 0 Å². The Kier molecular flexibility index (Phi) is 3.02. The summed E-state index contributed by atoms with van der Waals surface area (Å²) in [5, 5.41) is 6.01. The molecular formula is C10H11IN2O. The quantitative estimate of drug-likeness (QED) is 0.812. The number of amides is 1. The number of carbonyl (C=O) groups is 1. The molecule has 3 nitrogen and oxygen atoms in total. The third-order valence-corrected chi connectivity index (χ3v) is 3.22. The van der Waals surface area contributed by atoms with Crippen LogP contribution in [0.1, 0.15) is 0 Å². The molecular weight excluding hydrogens is 291 g/mol. The SMILES string of the molecule is O=C(Nc1ccccc1I)C1CNC1. The summed E-state index contributed by atoms with van der Waals surface area (Å²) in [6.45, 7) is 1.60. The number of benzene rings is 1. The molecule has 2 rings (SSSR count). The third kappa shape index (κ3) is 2.06. The van der Waals surface area contributed by atoms with E-state index in [0.717, 1.165) is 22.3 Å². The Morgan fingerprint density at radius 3 is 2.71 bits per heavy atom. The van der Waals surface area contributed by atoms with Crippen molar-refractivity contribution in [2.45, 2.75) is 0 Å². The minimum Gasteiger partial charge on any atom is -0.325 e. The van der Waals surface area contributed by atoms with Gasteiger partial charge in [-0.3, -0.25) is 4.79 Å². The van der Waals surface area contributed by atoms with Gasteiger partial charge < -0.3 is 10.6 Å². The molecule has 1 aromatic carbocycles. The van der Waals surface area contributed by atoms with Crippen molar-refractivity contribution in [2.75, 3.05) is 18.4 Å². The zero-order valence-electron chi connectivity index (χ0n) is 7.59. The van der Waals surface area contributed by atoms with Gasteiger partial charge in [0.15, 0.2) is 0 Å². The summed E-state index contributed by atoms with van der Waals surface area (Å²) in [6, 6.07) is 7.79. The van der Waals surface area contributed by atoms with Gasteiger partial charge in [0.1, 0.15) is 0 Å². The number of hydrogen-bond donors (Lipinski definition) is 2. The zero-order valence-corrected chi connectivity index (χ0v) is 9.74. The summed E-state index contributed by atoms with van der Waals surface area (Å²) >= 11 is 2.22. The molecule has 0 spiro atoms. The van der Waals surface area contributed by atoms with E-state index in [9.17, 15) is 4.79 Å². The van der Waals surface area contributed by atoms with Crippen molar-refractivity contribution in [3.63, 3.8) is 0 Å². The van der Waals surface area contributed by atoms with Crippen LogP contribution >= 0.6 is 22.6 Å². The van der Waals surface area contributed by atoms with Crippen LogP contribution in [0.5, 0.6) is 0 Å². The first kappa shape index (κ1) is 9.92. The van der Waals surface area contributed by atoms with E-state index < -0.39 is 0 Å². The van der Waals surface area contributed by atoms with Crippen LogP contribution in [0.3, 0.4) is 0 Å². The molecule has 0 bridgehead atoms. The molecule has 0 aromatic heterocycles. The fourth-order valence-electron chi connectivity index (χ4n) is 1.27. The predicted molar refractivity (Wildman–Crippen MR) is 64.1 cm³/mol. The molecule has 1 fully saturated rings. The van der Waals surface area contributed by atoms with Gasteiger partial charge in [-0.2, -0.15) is 0 Å². The highest BCUT2D eigenvalue weighted by Crippen LogP contribution is 2.18. The maximum atomic E-state index is 11.6. The minimum atomic E-state index is 0.118. The van der Waals surface area contributed by atoms with Crippen molar-refractivity contribution in [2.24, 2.45) is 5.92 Å². The van der Waals surface area contributed by atoms with Crippen molar-refractivity contribution in [3.05, 3.63) is 27.8 Å². The number of halogens is 1. The van der Waals surface area contributed by atoms with Crippen LogP contribution in [-0.4, -0.2) is 19.0 Å². The highest BCUT2D eigenvalue weighted by Gasteiger charge is 2.24. The van der Waals surface area contributed by atoms with Crippen LogP contribution in [0.25, 0.3) is 0 Å². The molecule has 1 aliphatic heterocycles. The van der Waals surface area contributed by atoms with Gasteiger partial charge in [0.25, 0.3) is 0 Å². The molecule has 1 aliphatic rings. The van der Waals surface area contributed by atoms with Crippen LogP contribution < -0.4 is 10.6 Å². The second-order valence-electron chi connectivity index (χ2n) is 3.32. The summed E-state index contributed by atoms with van der Waals surface area (Å²) in [5.41, 5.74) is 0.907. The molecule has 2 N–H and O–H groups in total. The molecule has 0 saturated carbocycles. The van der Waals surface area contributed by atoms with Crippen LogP contribution in [0.2, 0.25) is 0 Å². The topological polar surface area (TPSA) is 41.1 Å². The van der Waals surface area contributed by atoms with Gasteiger partial charge in [0, 0.05) is 16.7 Å². The average molecular weight is 302 g/mol. The molecule has 1 heterocycles. The van der Waals surface area contributed by atoms with Crippen LogP contribution in [0.4, 0.5) is 5.69 Å². The standard InChI is InChI=1S/C10H11IN2O/c11-8-3-1-2-4-9(8)13-10(14)7-5-12-6-7/h1-4,7,12H,5-6H2,(H,13,14). The highest BCUT2D eigenvalue weighted by atomic mass is 127. The lowest BCUT2D eigenvalue weighted by Gasteiger charge is -2.25. The molecule has 0 aliphatic carbocycles. The van der Waals surface area contributed by atoms with Crippen LogP contribution in [0.15, 0.2) is 24.3 Å². The van der Waals surface area contributed by atoms with Gasteiger partial charge in [-0.1, -0.05) is 12.1 Å². The molecule has 4 heteroatoms. The first-order valence-electron chi connectivity index (χ1n) is 4.53. The molecule has 0 atom stereocenters. The summed E-state index contributed by atoms with van der Waals surface area (Å²) in [5.74, 6) is 0.263.